The molecule has 1 aromatic rings. The molecular weight excluding hydrogens is 275 g/mol. The van der Waals surface area contributed by atoms with E-state index in [4.69, 9.17) is 4.74 Å². The standard InChI is InChI=1S/C11H13IO/c12-11(6-8-13-9-7-11)10-4-2-1-3-5-10/h1-5H,6-9H2. The number of halogens is 1. The van der Waals surface area contributed by atoms with E-state index in [-0.39, 0.29) is 0 Å². The fourth-order valence-corrected chi connectivity index (χ4v) is 2.52. The molecule has 1 saturated heterocycles. The molecule has 1 aliphatic rings. The second-order valence-electron chi connectivity index (χ2n) is 3.44. The van der Waals surface area contributed by atoms with Crippen LogP contribution in [0.3, 0.4) is 0 Å². The van der Waals surface area contributed by atoms with Crippen LogP contribution >= 0.6 is 22.6 Å². The van der Waals surface area contributed by atoms with Crippen molar-refractivity contribution in [3.63, 3.8) is 0 Å². The third-order valence-electron chi connectivity index (χ3n) is 2.58. The average Bonchev–Trinajstić information content (AvgIpc) is 2.20. The minimum absolute atomic E-state index is 0.317. The van der Waals surface area contributed by atoms with Crippen LogP contribution in [0.5, 0.6) is 0 Å². The van der Waals surface area contributed by atoms with Crippen molar-refractivity contribution in [2.75, 3.05) is 13.2 Å². The molecule has 1 nitrogen and oxygen atoms in total. The topological polar surface area (TPSA) is 9.23 Å². The minimum atomic E-state index is 0.317. The Bertz CT molecular complexity index is 265. The molecule has 1 aliphatic heterocycles. The van der Waals surface area contributed by atoms with Crippen molar-refractivity contribution >= 4 is 22.6 Å². The molecule has 0 aliphatic carbocycles. The summed E-state index contributed by atoms with van der Waals surface area (Å²) in [5, 5.41) is 0. The van der Waals surface area contributed by atoms with Crippen LogP contribution < -0.4 is 0 Å². The molecule has 0 unspecified atom stereocenters. The van der Waals surface area contributed by atoms with Gasteiger partial charge in [-0.1, -0.05) is 52.9 Å². The predicted octanol–water partition coefficient (Wildman–Crippen LogP) is 3.13. The summed E-state index contributed by atoms with van der Waals surface area (Å²) >= 11 is 2.58. The van der Waals surface area contributed by atoms with E-state index in [0.717, 1.165) is 26.1 Å². The molecule has 1 fully saturated rings. The first-order valence-corrected chi connectivity index (χ1v) is 5.71. The van der Waals surface area contributed by atoms with Gasteiger partial charge < -0.3 is 4.74 Å². The smallest absolute Gasteiger partial charge is 0.0514 e. The first-order valence-electron chi connectivity index (χ1n) is 4.63. The van der Waals surface area contributed by atoms with Crippen LogP contribution in [0.15, 0.2) is 30.3 Å². The van der Waals surface area contributed by atoms with E-state index in [1.807, 2.05) is 0 Å². The van der Waals surface area contributed by atoms with Gasteiger partial charge in [-0.2, -0.15) is 0 Å². The van der Waals surface area contributed by atoms with Crippen molar-refractivity contribution in [3.8, 4) is 0 Å². The van der Waals surface area contributed by atoms with Gasteiger partial charge in [0.05, 0.1) is 3.42 Å². The van der Waals surface area contributed by atoms with E-state index >= 15 is 0 Å². The Morgan fingerprint density at radius 2 is 1.69 bits per heavy atom. The highest BCUT2D eigenvalue weighted by atomic mass is 127. The first kappa shape index (κ1) is 9.46. The molecular formula is C11H13IO. The molecule has 13 heavy (non-hydrogen) atoms. The molecule has 0 aromatic heterocycles. The van der Waals surface area contributed by atoms with Crippen LogP contribution in [0.1, 0.15) is 18.4 Å². The van der Waals surface area contributed by atoms with Crippen LogP contribution in [0.25, 0.3) is 0 Å². The number of benzene rings is 1. The van der Waals surface area contributed by atoms with Crippen molar-refractivity contribution < 1.29 is 4.74 Å². The Balaban J connectivity index is 2.23. The predicted molar refractivity (Wildman–Crippen MR) is 62.2 cm³/mol. The van der Waals surface area contributed by atoms with E-state index in [1.54, 1.807) is 0 Å². The lowest BCUT2D eigenvalue weighted by Crippen LogP contribution is -2.27. The Labute approximate surface area is 92.6 Å². The number of hydrogen-bond donors (Lipinski definition) is 0. The number of alkyl halides is 1. The highest BCUT2D eigenvalue weighted by Gasteiger charge is 2.30. The Hall–Kier alpha value is -0.0900. The average molecular weight is 288 g/mol. The lowest BCUT2D eigenvalue weighted by molar-refractivity contribution is 0.0811. The van der Waals surface area contributed by atoms with E-state index < -0.39 is 0 Å². The van der Waals surface area contributed by atoms with E-state index in [0.29, 0.717) is 3.42 Å². The largest absolute Gasteiger partial charge is 0.381 e. The Morgan fingerprint density at radius 1 is 1.08 bits per heavy atom. The number of ether oxygens (including phenoxy) is 1. The molecule has 1 heterocycles. The summed E-state index contributed by atoms with van der Waals surface area (Å²) in [6.07, 6.45) is 2.27. The second-order valence-corrected chi connectivity index (χ2v) is 5.51. The lowest BCUT2D eigenvalue weighted by atomic mass is 9.92. The van der Waals surface area contributed by atoms with Gasteiger partial charge in [-0.3, -0.25) is 0 Å². The first-order chi connectivity index (χ1) is 6.31. The molecule has 1 aromatic carbocycles. The maximum Gasteiger partial charge on any atom is 0.0514 e. The molecule has 0 radical (unpaired) electrons. The summed E-state index contributed by atoms with van der Waals surface area (Å²) in [5.74, 6) is 0. The van der Waals surface area contributed by atoms with Crippen LogP contribution in [0.4, 0.5) is 0 Å². The van der Waals surface area contributed by atoms with Crippen molar-refractivity contribution in [1.29, 1.82) is 0 Å². The lowest BCUT2D eigenvalue weighted by Gasteiger charge is -2.32. The van der Waals surface area contributed by atoms with Crippen molar-refractivity contribution in [2.24, 2.45) is 0 Å². The summed E-state index contributed by atoms with van der Waals surface area (Å²) in [6.45, 7) is 1.80. The maximum absolute atomic E-state index is 5.38. The molecule has 0 amide bonds. The highest BCUT2D eigenvalue weighted by Crippen LogP contribution is 2.40. The fraction of sp³-hybridized carbons (Fsp3) is 0.455. The second kappa shape index (κ2) is 3.96. The van der Waals surface area contributed by atoms with E-state index in [1.165, 1.54) is 5.56 Å². The molecule has 0 saturated carbocycles. The molecule has 0 spiro atoms. The Morgan fingerprint density at radius 3 is 2.31 bits per heavy atom. The van der Waals surface area contributed by atoms with Gasteiger partial charge in [0.2, 0.25) is 0 Å². The van der Waals surface area contributed by atoms with Gasteiger partial charge >= 0.3 is 0 Å². The molecule has 0 bridgehead atoms. The monoisotopic (exact) mass is 288 g/mol. The highest BCUT2D eigenvalue weighted by molar-refractivity contribution is 14.1. The van der Waals surface area contributed by atoms with Crippen LogP contribution in [0.2, 0.25) is 0 Å². The van der Waals surface area contributed by atoms with Gasteiger partial charge in [-0.15, -0.1) is 0 Å². The third kappa shape index (κ3) is 2.05. The summed E-state index contributed by atoms with van der Waals surface area (Å²) in [7, 11) is 0. The molecule has 2 rings (SSSR count). The van der Waals surface area contributed by atoms with E-state index in [2.05, 4.69) is 52.9 Å². The van der Waals surface area contributed by atoms with Gasteiger partial charge in [-0.05, 0) is 18.4 Å². The van der Waals surface area contributed by atoms with Crippen molar-refractivity contribution in [1.82, 2.24) is 0 Å². The summed E-state index contributed by atoms with van der Waals surface area (Å²) in [5.41, 5.74) is 1.44. The van der Waals surface area contributed by atoms with Crippen molar-refractivity contribution in [2.45, 2.75) is 16.3 Å². The van der Waals surface area contributed by atoms with Crippen molar-refractivity contribution in [3.05, 3.63) is 35.9 Å². The number of hydrogen-bond acceptors (Lipinski definition) is 1. The van der Waals surface area contributed by atoms with Crippen LogP contribution in [-0.4, -0.2) is 13.2 Å². The zero-order valence-electron chi connectivity index (χ0n) is 7.50. The summed E-state index contributed by atoms with van der Waals surface area (Å²) < 4.78 is 5.70. The maximum atomic E-state index is 5.38. The molecule has 2 heteroatoms. The Kier molecular flexibility index (Phi) is 2.89. The fourth-order valence-electron chi connectivity index (χ4n) is 1.72. The molecule has 0 N–H and O–H groups in total. The van der Waals surface area contributed by atoms with Gasteiger partial charge in [0.1, 0.15) is 0 Å². The summed E-state index contributed by atoms with van der Waals surface area (Å²) in [4.78, 5) is 0. The van der Waals surface area contributed by atoms with Gasteiger partial charge in [0.15, 0.2) is 0 Å². The normalized spacial score (nSPS) is 21.3. The quantitative estimate of drug-likeness (QED) is 0.570. The number of rotatable bonds is 1. The SMILES string of the molecule is IC1(c2ccccc2)CCOCC1. The van der Waals surface area contributed by atoms with Gasteiger partial charge in [-0.25, -0.2) is 0 Å². The third-order valence-corrected chi connectivity index (χ3v) is 4.28. The van der Waals surface area contributed by atoms with Gasteiger partial charge in [0, 0.05) is 13.2 Å². The summed E-state index contributed by atoms with van der Waals surface area (Å²) in [6, 6.07) is 10.7. The van der Waals surface area contributed by atoms with E-state index in [9.17, 15) is 0 Å². The zero-order chi connectivity index (χ0) is 9.15. The van der Waals surface area contributed by atoms with Gasteiger partial charge in [0.25, 0.3) is 0 Å². The zero-order valence-corrected chi connectivity index (χ0v) is 9.66. The molecule has 0 atom stereocenters. The minimum Gasteiger partial charge on any atom is -0.381 e. The van der Waals surface area contributed by atoms with Crippen LogP contribution in [0, 0.1) is 0 Å². The van der Waals surface area contributed by atoms with Crippen LogP contribution in [-0.2, 0) is 8.16 Å². The molecule has 70 valence electrons.